The molecule has 0 aromatic heterocycles. The van der Waals surface area contributed by atoms with Crippen LogP contribution in [0, 0.1) is 0 Å². The number of amides is 1. The van der Waals surface area contributed by atoms with Crippen molar-refractivity contribution in [2.24, 2.45) is 0 Å². The van der Waals surface area contributed by atoms with Gasteiger partial charge in [-0.3, -0.25) is 4.79 Å². The first-order valence-electron chi connectivity index (χ1n) is 7.69. The van der Waals surface area contributed by atoms with Gasteiger partial charge in [0.25, 0.3) is 0 Å². The van der Waals surface area contributed by atoms with Gasteiger partial charge in [0, 0.05) is 13.1 Å². The van der Waals surface area contributed by atoms with Gasteiger partial charge in [0.2, 0.25) is 5.91 Å². The third kappa shape index (κ3) is 6.39. The van der Waals surface area contributed by atoms with Crippen LogP contribution in [0.4, 0.5) is 0 Å². The van der Waals surface area contributed by atoms with Crippen molar-refractivity contribution in [3.8, 4) is 0 Å². The summed E-state index contributed by atoms with van der Waals surface area (Å²) in [5.41, 5.74) is -0.458. The molecule has 0 heterocycles. The van der Waals surface area contributed by atoms with Crippen LogP contribution in [0.3, 0.4) is 0 Å². The van der Waals surface area contributed by atoms with Gasteiger partial charge in [0.1, 0.15) is 0 Å². The molecule has 0 aromatic rings. The molecule has 0 fully saturated rings. The molecule has 0 aliphatic heterocycles. The first-order chi connectivity index (χ1) is 8.92. The molecule has 114 valence electrons. The predicted molar refractivity (Wildman–Crippen MR) is 82.4 cm³/mol. The highest BCUT2D eigenvalue weighted by atomic mass is 16.2. The van der Waals surface area contributed by atoms with Gasteiger partial charge < -0.3 is 15.1 Å². The third-order valence-corrected chi connectivity index (χ3v) is 3.62. The van der Waals surface area contributed by atoms with Crippen molar-refractivity contribution in [2.45, 2.75) is 53.5 Å². The van der Waals surface area contributed by atoms with Crippen LogP contribution in [0.15, 0.2) is 0 Å². The molecule has 4 nitrogen and oxygen atoms in total. The Morgan fingerprint density at radius 1 is 1.00 bits per heavy atom. The minimum absolute atomic E-state index is 0.205. The van der Waals surface area contributed by atoms with E-state index in [1.165, 1.54) is 0 Å². The standard InChI is InChI=1S/C15H33N3O/c1-7-16-15(5,6)14(19)18(10-4)13-11-12-17(8-2)9-3/h16H,7-13H2,1-6H3. The maximum absolute atomic E-state index is 12.5. The van der Waals surface area contributed by atoms with E-state index < -0.39 is 5.54 Å². The molecule has 0 saturated heterocycles. The highest BCUT2D eigenvalue weighted by Gasteiger charge is 2.29. The molecule has 0 unspecified atom stereocenters. The number of nitrogens with zero attached hydrogens (tertiary/aromatic N) is 2. The molecule has 0 aromatic carbocycles. The number of carbonyl (C=O) groups excluding carboxylic acids is 1. The summed E-state index contributed by atoms with van der Waals surface area (Å²) in [5.74, 6) is 0.205. The molecule has 19 heavy (non-hydrogen) atoms. The van der Waals surface area contributed by atoms with E-state index in [-0.39, 0.29) is 5.91 Å². The van der Waals surface area contributed by atoms with Crippen LogP contribution in [0.25, 0.3) is 0 Å². The maximum atomic E-state index is 12.5. The molecule has 0 spiro atoms. The normalized spacial score (nSPS) is 11.9. The number of likely N-dealkylation sites (N-methyl/N-ethyl adjacent to an activating group) is 2. The number of nitrogens with one attached hydrogen (secondary N) is 1. The maximum Gasteiger partial charge on any atom is 0.242 e. The number of hydrogen-bond donors (Lipinski definition) is 1. The second kappa shape index (κ2) is 9.32. The van der Waals surface area contributed by atoms with Crippen molar-refractivity contribution < 1.29 is 4.79 Å². The zero-order chi connectivity index (χ0) is 14.9. The van der Waals surface area contributed by atoms with E-state index in [2.05, 4.69) is 31.0 Å². The minimum atomic E-state index is -0.458. The first kappa shape index (κ1) is 18.4. The van der Waals surface area contributed by atoms with Crippen molar-refractivity contribution in [1.82, 2.24) is 15.1 Å². The van der Waals surface area contributed by atoms with E-state index in [0.717, 1.165) is 45.7 Å². The number of carbonyl (C=O) groups is 1. The lowest BCUT2D eigenvalue weighted by molar-refractivity contribution is -0.137. The number of rotatable bonds is 10. The fourth-order valence-corrected chi connectivity index (χ4v) is 2.34. The highest BCUT2D eigenvalue weighted by molar-refractivity contribution is 5.85. The second-order valence-electron chi connectivity index (χ2n) is 5.42. The van der Waals surface area contributed by atoms with Gasteiger partial charge in [-0.05, 0) is 53.4 Å². The summed E-state index contributed by atoms with van der Waals surface area (Å²) in [6.45, 7) is 18.1. The summed E-state index contributed by atoms with van der Waals surface area (Å²) in [5, 5.41) is 3.26. The Bertz CT molecular complexity index is 250. The lowest BCUT2D eigenvalue weighted by Gasteiger charge is -2.32. The van der Waals surface area contributed by atoms with E-state index >= 15 is 0 Å². The molecule has 0 saturated carbocycles. The molecule has 1 amide bonds. The van der Waals surface area contributed by atoms with Gasteiger partial charge in [-0.15, -0.1) is 0 Å². The van der Waals surface area contributed by atoms with Crippen LogP contribution in [0.2, 0.25) is 0 Å². The highest BCUT2D eigenvalue weighted by Crippen LogP contribution is 2.08. The summed E-state index contributed by atoms with van der Waals surface area (Å²) < 4.78 is 0. The molecule has 0 atom stereocenters. The lowest BCUT2D eigenvalue weighted by atomic mass is 10.0. The summed E-state index contributed by atoms with van der Waals surface area (Å²) in [6.07, 6.45) is 1.05. The first-order valence-corrected chi connectivity index (χ1v) is 7.69. The van der Waals surface area contributed by atoms with E-state index in [4.69, 9.17) is 0 Å². The van der Waals surface area contributed by atoms with Crippen molar-refractivity contribution in [3.63, 3.8) is 0 Å². The quantitative estimate of drug-likeness (QED) is 0.660. The molecular weight excluding hydrogens is 238 g/mol. The SMILES string of the molecule is CCNC(C)(C)C(=O)N(CC)CCCN(CC)CC. The average molecular weight is 271 g/mol. The summed E-state index contributed by atoms with van der Waals surface area (Å²) in [6, 6.07) is 0. The Morgan fingerprint density at radius 2 is 1.58 bits per heavy atom. The van der Waals surface area contributed by atoms with Crippen LogP contribution in [0.1, 0.15) is 48.0 Å². The van der Waals surface area contributed by atoms with Gasteiger partial charge in [-0.2, -0.15) is 0 Å². The van der Waals surface area contributed by atoms with E-state index in [0.29, 0.717) is 0 Å². The monoisotopic (exact) mass is 271 g/mol. The Morgan fingerprint density at radius 3 is 2.00 bits per heavy atom. The molecule has 0 radical (unpaired) electrons. The van der Waals surface area contributed by atoms with Crippen molar-refractivity contribution in [1.29, 1.82) is 0 Å². The molecule has 0 aliphatic rings. The van der Waals surface area contributed by atoms with Crippen LogP contribution >= 0.6 is 0 Å². The Hall–Kier alpha value is -0.610. The van der Waals surface area contributed by atoms with Gasteiger partial charge in [0.15, 0.2) is 0 Å². The average Bonchev–Trinajstić information content (AvgIpc) is 2.38. The molecule has 0 bridgehead atoms. The van der Waals surface area contributed by atoms with Crippen molar-refractivity contribution in [3.05, 3.63) is 0 Å². The van der Waals surface area contributed by atoms with E-state index in [1.807, 2.05) is 25.7 Å². The van der Waals surface area contributed by atoms with E-state index in [9.17, 15) is 4.79 Å². The van der Waals surface area contributed by atoms with Gasteiger partial charge in [-0.25, -0.2) is 0 Å². The van der Waals surface area contributed by atoms with Crippen molar-refractivity contribution >= 4 is 5.91 Å². The predicted octanol–water partition coefficient (Wildman–Crippen LogP) is 1.95. The van der Waals surface area contributed by atoms with Crippen LogP contribution in [0.5, 0.6) is 0 Å². The van der Waals surface area contributed by atoms with Gasteiger partial charge in [0.05, 0.1) is 5.54 Å². The zero-order valence-corrected chi connectivity index (χ0v) is 13.8. The minimum Gasteiger partial charge on any atom is -0.341 e. The Labute approximate surface area is 119 Å². The van der Waals surface area contributed by atoms with E-state index in [1.54, 1.807) is 0 Å². The largest absolute Gasteiger partial charge is 0.341 e. The van der Waals surface area contributed by atoms with Crippen molar-refractivity contribution in [2.75, 3.05) is 39.3 Å². The fraction of sp³-hybridized carbons (Fsp3) is 0.933. The smallest absolute Gasteiger partial charge is 0.242 e. The van der Waals surface area contributed by atoms with Crippen LogP contribution < -0.4 is 5.32 Å². The Balaban J connectivity index is 4.30. The topological polar surface area (TPSA) is 35.6 Å². The molecule has 1 N–H and O–H groups in total. The summed E-state index contributed by atoms with van der Waals surface area (Å²) in [4.78, 5) is 16.8. The summed E-state index contributed by atoms with van der Waals surface area (Å²) in [7, 11) is 0. The summed E-state index contributed by atoms with van der Waals surface area (Å²) >= 11 is 0. The Kier molecular flexibility index (Phi) is 9.02. The van der Waals surface area contributed by atoms with Crippen LogP contribution in [-0.4, -0.2) is 60.5 Å². The van der Waals surface area contributed by atoms with Gasteiger partial charge in [-0.1, -0.05) is 20.8 Å². The second-order valence-corrected chi connectivity index (χ2v) is 5.42. The molecule has 0 aliphatic carbocycles. The number of hydrogen-bond acceptors (Lipinski definition) is 3. The molecule has 4 heteroatoms. The third-order valence-electron chi connectivity index (χ3n) is 3.62. The zero-order valence-electron chi connectivity index (χ0n) is 13.8. The van der Waals surface area contributed by atoms with Gasteiger partial charge >= 0.3 is 0 Å². The fourth-order valence-electron chi connectivity index (χ4n) is 2.34. The molecular formula is C15H33N3O. The lowest BCUT2D eigenvalue weighted by Crippen LogP contribution is -2.54. The van der Waals surface area contributed by atoms with Crippen LogP contribution in [-0.2, 0) is 4.79 Å². The molecule has 0 rings (SSSR count).